The number of carbonyl (C=O) groups excluding carboxylic acids is 2. The van der Waals surface area contributed by atoms with Crippen molar-refractivity contribution in [3.8, 4) is 0 Å². The lowest BCUT2D eigenvalue weighted by Gasteiger charge is -2.20. The lowest BCUT2D eigenvalue weighted by Crippen LogP contribution is -2.27. The van der Waals surface area contributed by atoms with Crippen molar-refractivity contribution < 1.29 is 14.3 Å². The van der Waals surface area contributed by atoms with Gasteiger partial charge in [-0.2, -0.15) is 0 Å². The van der Waals surface area contributed by atoms with Crippen molar-refractivity contribution in [3.63, 3.8) is 0 Å². The molecule has 0 spiro atoms. The molecule has 6 nitrogen and oxygen atoms in total. The van der Waals surface area contributed by atoms with Gasteiger partial charge in [-0.1, -0.05) is 38.5 Å². The van der Waals surface area contributed by atoms with Crippen LogP contribution in [0.4, 0.5) is 16.2 Å². The molecule has 0 aliphatic heterocycles. The van der Waals surface area contributed by atoms with Gasteiger partial charge in [0.1, 0.15) is 5.60 Å². The van der Waals surface area contributed by atoms with Crippen molar-refractivity contribution >= 4 is 29.5 Å². The first kappa shape index (κ1) is 26.1. The maximum Gasteiger partial charge on any atom is 0.412 e. The molecule has 178 valence electrons. The highest BCUT2D eigenvalue weighted by Gasteiger charge is 2.17. The minimum absolute atomic E-state index is 0.253. The van der Waals surface area contributed by atoms with Crippen LogP contribution < -0.4 is 10.6 Å². The van der Waals surface area contributed by atoms with Gasteiger partial charge in [0.25, 0.3) is 5.91 Å². The van der Waals surface area contributed by atoms with Gasteiger partial charge in [-0.25, -0.2) is 4.79 Å². The monoisotopic (exact) mass is 451 g/mol. The maximum atomic E-state index is 13.0. The predicted molar refractivity (Wildman–Crippen MR) is 136 cm³/mol. The van der Waals surface area contributed by atoms with Gasteiger partial charge in [0.05, 0.1) is 5.56 Å². The highest BCUT2D eigenvalue weighted by atomic mass is 16.6. The average Bonchev–Trinajstić information content (AvgIpc) is 2.73. The second kappa shape index (κ2) is 11.1. The molecule has 1 aromatic carbocycles. The van der Waals surface area contributed by atoms with Crippen LogP contribution in [-0.2, 0) is 4.74 Å². The molecule has 0 fully saturated rings. The fourth-order valence-electron chi connectivity index (χ4n) is 3.33. The summed E-state index contributed by atoms with van der Waals surface area (Å²) in [4.78, 5) is 29.5. The van der Waals surface area contributed by atoms with Crippen LogP contribution in [0.25, 0.3) is 6.08 Å². The lowest BCUT2D eigenvalue weighted by molar-refractivity contribution is 0.0636. The zero-order valence-electron chi connectivity index (χ0n) is 21.1. The Bertz CT molecular complexity index is 1040. The van der Waals surface area contributed by atoms with Gasteiger partial charge in [-0.05, 0) is 82.7 Å². The number of ether oxygens (including phenoxy) is 1. The number of aryl methyl sites for hydroxylation is 2. The normalized spacial score (nSPS) is 12.8. The number of rotatable bonds is 7. The van der Waals surface area contributed by atoms with Crippen molar-refractivity contribution in [3.05, 3.63) is 58.4 Å². The molecule has 0 bridgehead atoms. The van der Waals surface area contributed by atoms with E-state index in [4.69, 9.17) is 4.74 Å². The molecule has 1 heterocycles. The Labute approximate surface area is 197 Å². The number of allylic oxidation sites excluding steroid dienone is 1. The van der Waals surface area contributed by atoms with Crippen LogP contribution in [0.2, 0.25) is 0 Å². The number of aromatic nitrogens is 1. The van der Waals surface area contributed by atoms with Gasteiger partial charge >= 0.3 is 6.09 Å². The molecule has 6 heteroatoms. The molecule has 2 aromatic rings. The fourth-order valence-corrected chi connectivity index (χ4v) is 3.33. The minimum Gasteiger partial charge on any atom is -0.444 e. The van der Waals surface area contributed by atoms with Gasteiger partial charge in [0.15, 0.2) is 0 Å². The first-order chi connectivity index (χ1) is 15.4. The molecule has 2 N–H and O–H groups in total. The van der Waals surface area contributed by atoms with E-state index >= 15 is 0 Å². The standard InChI is InChI=1S/C27H37N3O3/c1-9-17(3)20(10-2)13-21-14-22(16-28-19(21)5)25(31)30-24-15-23(12-11-18(24)4)29-26(32)33-27(6,7)8/h11-17H,9-10H2,1-8H3,(H,29,32)(H,30,31)/b20-13-. The Morgan fingerprint density at radius 2 is 1.82 bits per heavy atom. The van der Waals surface area contributed by atoms with Crippen molar-refractivity contribution in [2.24, 2.45) is 5.92 Å². The quantitative estimate of drug-likeness (QED) is 0.469. The van der Waals surface area contributed by atoms with E-state index < -0.39 is 11.7 Å². The van der Waals surface area contributed by atoms with Crippen molar-refractivity contribution in [2.75, 3.05) is 10.6 Å². The van der Waals surface area contributed by atoms with Gasteiger partial charge in [0, 0.05) is 23.3 Å². The smallest absolute Gasteiger partial charge is 0.412 e. The van der Waals surface area contributed by atoms with Crippen LogP contribution >= 0.6 is 0 Å². The lowest BCUT2D eigenvalue weighted by atomic mass is 9.93. The number of amides is 2. The number of pyridine rings is 1. The largest absolute Gasteiger partial charge is 0.444 e. The molecule has 1 atom stereocenters. The molecule has 2 amide bonds. The molecule has 1 aromatic heterocycles. The fraction of sp³-hybridized carbons (Fsp3) is 0.444. The van der Waals surface area contributed by atoms with Crippen LogP contribution in [0, 0.1) is 19.8 Å². The first-order valence-electron chi connectivity index (χ1n) is 11.5. The second-order valence-corrected chi connectivity index (χ2v) is 9.39. The third-order valence-electron chi connectivity index (χ3n) is 5.51. The molecule has 0 aliphatic rings. The summed E-state index contributed by atoms with van der Waals surface area (Å²) in [5.74, 6) is 0.228. The number of hydrogen-bond acceptors (Lipinski definition) is 4. The number of nitrogens with zero attached hydrogens (tertiary/aromatic N) is 1. The molecule has 2 rings (SSSR count). The van der Waals surface area contributed by atoms with Crippen molar-refractivity contribution in [1.82, 2.24) is 4.98 Å². The molecule has 0 aliphatic carbocycles. The summed E-state index contributed by atoms with van der Waals surface area (Å²) in [7, 11) is 0. The minimum atomic E-state index is -0.594. The van der Waals surface area contributed by atoms with Gasteiger partial charge in [-0.15, -0.1) is 0 Å². The molecular formula is C27H37N3O3. The molecule has 33 heavy (non-hydrogen) atoms. The van der Waals surface area contributed by atoms with Crippen molar-refractivity contribution in [1.29, 1.82) is 0 Å². The summed E-state index contributed by atoms with van der Waals surface area (Å²) in [6.07, 6.45) is 5.23. The summed E-state index contributed by atoms with van der Waals surface area (Å²) in [6.45, 7) is 15.8. The van der Waals surface area contributed by atoms with Crippen LogP contribution in [0.1, 0.15) is 81.6 Å². The van der Waals surface area contributed by atoms with Gasteiger partial charge in [-0.3, -0.25) is 15.1 Å². The van der Waals surface area contributed by atoms with E-state index in [1.165, 1.54) is 5.57 Å². The Morgan fingerprint density at radius 1 is 1.12 bits per heavy atom. The summed E-state index contributed by atoms with van der Waals surface area (Å²) < 4.78 is 5.30. The van der Waals surface area contributed by atoms with E-state index in [9.17, 15) is 9.59 Å². The predicted octanol–water partition coefficient (Wildman–Crippen LogP) is 7.14. The van der Waals surface area contributed by atoms with Crippen LogP contribution in [-0.4, -0.2) is 22.6 Å². The summed E-state index contributed by atoms with van der Waals surface area (Å²) in [5.41, 5.74) is 5.11. The van der Waals surface area contributed by atoms with Crippen LogP contribution in [0.3, 0.4) is 0 Å². The van der Waals surface area contributed by atoms with Crippen LogP contribution in [0.5, 0.6) is 0 Å². The van der Waals surface area contributed by atoms with Crippen LogP contribution in [0.15, 0.2) is 36.0 Å². The Balaban J connectivity index is 2.25. The Morgan fingerprint density at radius 3 is 2.42 bits per heavy atom. The third-order valence-corrected chi connectivity index (χ3v) is 5.51. The number of benzene rings is 1. The first-order valence-corrected chi connectivity index (χ1v) is 11.5. The van der Waals surface area contributed by atoms with E-state index in [1.807, 2.05) is 26.0 Å². The SMILES string of the molecule is CC/C(=C/c1cc(C(=O)Nc2cc(NC(=O)OC(C)(C)C)ccc2C)cnc1C)C(C)CC. The molecule has 0 saturated heterocycles. The zero-order valence-corrected chi connectivity index (χ0v) is 21.1. The number of nitrogens with one attached hydrogen (secondary N) is 2. The Kier molecular flexibility index (Phi) is 8.80. The average molecular weight is 452 g/mol. The van der Waals surface area contributed by atoms with Gasteiger partial charge < -0.3 is 10.1 Å². The molecule has 1 unspecified atom stereocenters. The van der Waals surface area contributed by atoms with E-state index in [0.29, 0.717) is 22.9 Å². The third kappa shape index (κ3) is 7.74. The highest BCUT2D eigenvalue weighted by Crippen LogP contribution is 2.24. The Hall–Kier alpha value is -3.15. The van der Waals surface area contributed by atoms with E-state index in [1.54, 1.807) is 39.1 Å². The molecule has 0 saturated carbocycles. The molecule has 0 radical (unpaired) electrons. The summed E-state index contributed by atoms with van der Waals surface area (Å²) in [6, 6.07) is 7.21. The number of anilines is 2. The van der Waals surface area contributed by atoms with E-state index in [0.717, 1.165) is 29.7 Å². The summed E-state index contributed by atoms with van der Waals surface area (Å²) in [5, 5.41) is 5.65. The highest BCUT2D eigenvalue weighted by molar-refractivity contribution is 6.05. The topological polar surface area (TPSA) is 80.3 Å². The second-order valence-electron chi connectivity index (χ2n) is 9.39. The number of carbonyl (C=O) groups is 2. The zero-order chi connectivity index (χ0) is 24.8. The number of hydrogen-bond donors (Lipinski definition) is 2. The maximum absolute atomic E-state index is 13.0. The van der Waals surface area contributed by atoms with E-state index in [-0.39, 0.29) is 5.91 Å². The van der Waals surface area contributed by atoms with E-state index in [2.05, 4.69) is 42.5 Å². The summed E-state index contributed by atoms with van der Waals surface area (Å²) >= 11 is 0. The molecular weight excluding hydrogens is 414 g/mol. The van der Waals surface area contributed by atoms with Crippen molar-refractivity contribution in [2.45, 2.75) is 73.8 Å². The van der Waals surface area contributed by atoms with Gasteiger partial charge in [0.2, 0.25) is 0 Å².